The lowest BCUT2D eigenvalue weighted by molar-refractivity contribution is -0.142. The summed E-state index contributed by atoms with van der Waals surface area (Å²) in [4.78, 5) is 53.3. The number of anilines is 1. The molecule has 1 N–H and O–H groups in total. The number of amides is 1. The summed E-state index contributed by atoms with van der Waals surface area (Å²) >= 11 is 0. The van der Waals surface area contributed by atoms with Gasteiger partial charge in [-0.25, -0.2) is 9.59 Å². The minimum atomic E-state index is -0.792. The molecule has 1 aromatic heterocycles. The van der Waals surface area contributed by atoms with Gasteiger partial charge in [-0.05, 0) is 38.0 Å². The number of carbonyl (C=O) groups excluding carboxylic acids is 4. The van der Waals surface area contributed by atoms with Gasteiger partial charge >= 0.3 is 17.9 Å². The summed E-state index contributed by atoms with van der Waals surface area (Å²) in [5.41, 5.74) is 1.73. The second-order valence-electron chi connectivity index (χ2n) is 6.52. The largest absolute Gasteiger partial charge is 0.465 e. The van der Waals surface area contributed by atoms with E-state index < -0.39 is 30.4 Å². The Morgan fingerprint density at radius 1 is 1.00 bits per heavy atom. The molecule has 1 aromatic carbocycles. The molecule has 0 aliphatic carbocycles. The third kappa shape index (κ3) is 5.71. The number of rotatable bonds is 9. The van der Waals surface area contributed by atoms with E-state index in [9.17, 15) is 19.2 Å². The molecule has 2 rings (SSSR count). The van der Waals surface area contributed by atoms with Crippen molar-refractivity contribution in [3.8, 4) is 0 Å². The van der Waals surface area contributed by atoms with Gasteiger partial charge in [-0.2, -0.15) is 0 Å². The highest BCUT2D eigenvalue weighted by Crippen LogP contribution is 2.21. The minimum Gasteiger partial charge on any atom is -0.465 e. The fraction of sp³-hybridized carbons (Fsp3) is 0.364. The van der Waals surface area contributed by atoms with E-state index in [-0.39, 0.29) is 24.4 Å². The summed E-state index contributed by atoms with van der Waals surface area (Å²) in [5.74, 6) is -2.53. The molecular formula is C22H26N2O7. The van der Waals surface area contributed by atoms with Crippen LogP contribution in [0, 0.1) is 6.92 Å². The van der Waals surface area contributed by atoms with E-state index in [0.717, 1.165) is 0 Å². The Morgan fingerprint density at radius 2 is 1.68 bits per heavy atom. The van der Waals surface area contributed by atoms with E-state index >= 15 is 0 Å². The van der Waals surface area contributed by atoms with Crippen molar-refractivity contribution in [1.82, 2.24) is 4.98 Å². The molecule has 9 heteroatoms. The standard InChI is InChI=1S/C22H26N2O7/c1-5-16-19(21(27)29-4)14(3)20(23-16)22(28)31-13-17(25)24(12-18(26)30-6-2)15-10-8-7-9-11-15/h7-11,23H,5-6,12-13H2,1-4H3. The van der Waals surface area contributed by atoms with Gasteiger partial charge in [-0.15, -0.1) is 0 Å². The van der Waals surface area contributed by atoms with Crippen molar-refractivity contribution in [2.24, 2.45) is 0 Å². The first-order valence-electron chi connectivity index (χ1n) is 9.81. The first-order valence-corrected chi connectivity index (χ1v) is 9.81. The van der Waals surface area contributed by atoms with Crippen molar-refractivity contribution in [1.29, 1.82) is 0 Å². The number of nitrogens with zero attached hydrogens (tertiary/aromatic N) is 1. The van der Waals surface area contributed by atoms with E-state index in [1.54, 1.807) is 44.2 Å². The summed E-state index contributed by atoms with van der Waals surface area (Å²) in [5, 5.41) is 0. The van der Waals surface area contributed by atoms with Crippen molar-refractivity contribution in [3.05, 3.63) is 52.8 Å². The van der Waals surface area contributed by atoms with E-state index in [1.165, 1.54) is 12.0 Å². The smallest absolute Gasteiger partial charge is 0.355 e. The number of ether oxygens (including phenoxy) is 3. The van der Waals surface area contributed by atoms with Gasteiger partial charge < -0.3 is 19.2 Å². The lowest BCUT2D eigenvalue weighted by Gasteiger charge is -2.21. The van der Waals surface area contributed by atoms with Crippen LogP contribution in [-0.2, 0) is 30.2 Å². The monoisotopic (exact) mass is 430 g/mol. The maximum Gasteiger partial charge on any atom is 0.355 e. The van der Waals surface area contributed by atoms with Crippen LogP contribution in [0.4, 0.5) is 5.69 Å². The molecule has 2 aromatic rings. The summed E-state index contributed by atoms with van der Waals surface area (Å²) in [6, 6.07) is 8.52. The molecule has 1 amide bonds. The summed E-state index contributed by atoms with van der Waals surface area (Å²) in [7, 11) is 1.26. The number of aromatic amines is 1. The fourth-order valence-electron chi connectivity index (χ4n) is 3.05. The predicted octanol–water partition coefficient (Wildman–Crippen LogP) is 2.43. The number of aryl methyl sites for hydroxylation is 1. The lowest BCUT2D eigenvalue weighted by atomic mass is 10.1. The number of benzene rings is 1. The molecule has 0 spiro atoms. The van der Waals surface area contributed by atoms with Crippen LogP contribution in [0.2, 0.25) is 0 Å². The number of aromatic nitrogens is 1. The number of H-pyrrole nitrogens is 1. The van der Waals surface area contributed by atoms with Gasteiger partial charge in [0.2, 0.25) is 0 Å². The molecule has 1 heterocycles. The summed E-state index contributed by atoms with van der Waals surface area (Å²) in [6.45, 7) is 4.35. The number of methoxy groups -OCH3 is 1. The van der Waals surface area contributed by atoms with Crippen LogP contribution in [0.3, 0.4) is 0 Å². The Bertz CT molecular complexity index is 950. The fourth-order valence-corrected chi connectivity index (χ4v) is 3.05. The maximum atomic E-state index is 12.7. The van der Waals surface area contributed by atoms with Gasteiger partial charge in [0.1, 0.15) is 12.2 Å². The first kappa shape index (κ1) is 23.7. The topological polar surface area (TPSA) is 115 Å². The van der Waals surface area contributed by atoms with Crippen LogP contribution in [-0.4, -0.2) is 55.7 Å². The Morgan fingerprint density at radius 3 is 2.26 bits per heavy atom. The molecule has 0 radical (unpaired) electrons. The second-order valence-corrected chi connectivity index (χ2v) is 6.52. The number of carbonyl (C=O) groups is 4. The Hall–Kier alpha value is -3.62. The quantitative estimate of drug-likeness (QED) is 0.480. The number of nitrogens with one attached hydrogen (secondary N) is 1. The van der Waals surface area contributed by atoms with Crippen molar-refractivity contribution in [3.63, 3.8) is 0 Å². The highest BCUT2D eigenvalue weighted by Gasteiger charge is 2.26. The van der Waals surface area contributed by atoms with Gasteiger partial charge in [-0.1, -0.05) is 25.1 Å². The zero-order chi connectivity index (χ0) is 23.0. The normalized spacial score (nSPS) is 10.3. The van der Waals surface area contributed by atoms with E-state index in [2.05, 4.69) is 4.98 Å². The number of para-hydroxylation sites is 1. The molecule has 0 aliphatic rings. The molecule has 0 unspecified atom stereocenters. The van der Waals surface area contributed by atoms with Crippen LogP contribution in [0.5, 0.6) is 0 Å². The number of hydrogen-bond acceptors (Lipinski definition) is 7. The van der Waals surface area contributed by atoms with Crippen LogP contribution in [0.1, 0.15) is 46.0 Å². The van der Waals surface area contributed by atoms with Gasteiger partial charge in [0, 0.05) is 11.4 Å². The number of hydrogen-bond donors (Lipinski definition) is 1. The Labute approximate surface area is 180 Å². The third-order valence-corrected chi connectivity index (χ3v) is 4.56. The highest BCUT2D eigenvalue weighted by molar-refractivity contribution is 6.01. The Kier molecular flexibility index (Phi) is 8.36. The Balaban J connectivity index is 2.17. The van der Waals surface area contributed by atoms with E-state index in [4.69, 9.17) is 14.2 Å². The van der Waals surface area contributed by atoms with Crippen LogP contribution in [0.15, 0.2) is 30.3 Å². The van der Waals surface area contributed by atoms with Crippen LogP contribution >= 0.6 is 0 Å². The van der Waals surface area contributed by atoms with E-state index in [1.807, 2.05) is 6.92 Å². The van der Waals surface area contributed by atoms with Gasteiger partial charge in [0.25, 0.3) is 5.91 Å². The van der Waals surface area contributed by atoms with Crippen molar-refractivity contribution < 1.29 is 33.4 Å². The summed E-state index contributed by atoms with van der Waals surface area (Å²) < 4.78 is 14.9. The molecule has 166 valence electrons. The van der Waals surface area contributed by atoms with Crippen molar-refractivity contribution in [2.45, 2.75) is 27.2 Å². The second kappa shape index (κ2) is 11.0. The average molecular weight is 430 g/mol. The molecule has 9 nitrogen and oxygen atoms in total. The average Bonchev–Trinajstić information content (AvgIpc) is 3.12. The summed E-state index contributed by atoms with van der Waals surface area (Å²) in [6.07, 6.45) is 0.471. The van der Waals surface area contributed by atoms with Crippen LogP contribution < -0.4 is 4.90 Å². The molecule has 0 fully saturated rings. The molecular weight excluding hydrogens is 404 g/mol. The van der Waals surface area contributed by atoms with Gasteiger partial charge in [0.05, 0.1) is 19.3 Å². The third-order valence-electron chi connectivity index (χ3n) is 4.56. The maximum absolute atomic E-state index is 12.7. The number of esters is 3. The highest BCUT2D eigenvalue weighted by atomic mass is 16.5. The minimum absolute atomic E-state index is 0.0710. The van der Waals surface area contributed by atoms with Gasteiger partial charge in [0.15, 0.2) is 6.61 Å². The molecule has 0 saturated carbocycles. The molecule has 0 bridgehead atoms. The van der Waals surface area contributed by atoms with Crippen LogP contribution in [0.25, 0.3) is 0 Å². The van der Waals surface area contributed by atoms with Gasteiger partial charge in [-0.3, -0.25) is 14.5 Å². The molecule has 0 aliphatic heterocycles. The zero-order valence-electron chi connectivity index (χ0n) is 18.0. The first-order chi connectivity index (χ1) is 14.8. The van der Waals surface area contributed by atoms with E-state index in [0.29, 0.717) is 23.4 Å². The van der Waals surface area contributed by atoms with Crippen molar-refractivity contribution >= 4 is 29.5 Å². The molecule has 31 heavy (non-hydrogen) atoms. The van der Waals surface area contributed by atoms with Crippen molar-refractivity contribution in [2.75, 3.05) is 31.8 Å². The zero-order valence-corrected chi connectivity index (χ0v) is 18.0. The lowest BCUT2D eigenvalue weighted by Crippen LogP contribution is -2.39. The SMILES string of the molecule is CCOC(=O)CN(C(=O)COC(=O)c1[nH]c(CC)c(C(=O)OC)c1C)c1ccccc1. The molecule has 0 atom stereocenters. The molecule has 0 saturated heterocycles. The predicted molar refractivity (Wildman–Crippen MR) is 112 cm³/mol.